The summed E-state index contributed by atoms with van der Waals surface area (Å²) in [5, 5.41) is 24.2. The number of H-pyrrole nitrogens is 1. The van der Waals surface area contributed by atoms with Crippen LogP contribution in [0.2, 0.25) is 0 Å². The smallest absolute Gasteiger partial charge is 0.243 e. The van der Waals surface area contributed by atoms with Crippen LogP contribution in [0.5, 0.6) is 0 Å². The van der Waals surface area contributed by atoms with Crippen molar-refractivity contribution in [2.24, 2.45) is 17.8 Å². The van der Waals surface area contributed by atoms with Gasteiger partial charge in [0, 0.05) is 37.7 Å². The highest BCUT2D eigenvalue weighted by Crippen LogP contribution is 2.23. The predicted octanol–water partition coefficient (Wildman–Crippen LogP) is 4.17. The van der Waals surface area contributed by atoms with E-state index in [1.54, 1.807) is 6.20 Å². The lowest BCUT2D eigenvalue weighted by Crippen LogP contribution is -2.55. The van der Waals surface area contributed by atoms with Gasteiger partial charge in [0.1, 0.15) is 6.04 Å². The van der Waals surface area contributed by atoms with Gasteiger partial charge in [-0.15, -0.1) is 0 Å². The third-order valence-corrected chi connectivity index (χ3v) is 9.12. The Morgan fingerprint density at radius 1 is 0.741 bits per heavy atom. The van der Waals surface area contributed by atoms with Crippen LogP contribution in [0.25, 0.3) is 10.8 Å². The van der Waals surface area contributed by atoms with Gasteiger partial charge in [0.05, 0.1) is 30.8 Å². The van der Waals surface area contributed by atoms with Gasteiger partial charge in [0.25, 0.3) is 0 Å². The topological polar surface area (TPSA) is 182 Å². The first-order valence-electron chi connectivity index (χ1n) is 18.7. The molecule has 288 valence electrons. The zero-order chi connectivity index (χ0) is 39.0. The molecule has 1 heterocycles. The van der Waals surface area contributed by atoms with Crippen molar-refractivity contribution in [1.29, 1.82) is 0 Å². The van der Waals surface area contributed by atoms with Crippen molar-refractivity contribution in [3.63, 3.8) is 0 Å². The van der Waals surface area contributed by atoms with E-state index in [0.717, 1.165) is 21.9 Å². The third-order valence-electron chi connectivity index (χ3n) is 9.12. The average molecular weight is 739 g/mol. The van der Waals surface area contributed by atoms with E-state index in [1.807, 2.05) is 100 Å². The van der Waals surface area contributed by atoms with Gasteiger partial charge in [0.15, 0.2) is 0 Å². The number of amides is 5. The lowest BCUT2D eigenvalue weighted by Gasteiger charge is -2.28. The van der Waals surface area contributed by atoms with Crippen LogP contribution >= 0.6 is 0 Å². The third kappa shape index (κ3) is 13.6. The van der Waals surface area contributed by atoms with Gasteiger partial charge in [-0.05, 0) is 53.0 Å². The number of carbonyl (C=O) groups is 5. The van der Waals surface area contributed by atoms with Gasteiger partial charge in [-0.2, -0.15) is 0 Å². The summed E-state index contributed by atoms with van der Waals surface area (Å²) in [6, 6.07) is 21.5. The Balaban J connectivity index is 1.53. The largest absolute Gasteiger partial charge is 0.390 e. The molecule has 5 amide bonds. The summed E-state index contributed by atoms with van der Waals surface area (Å²) < 4.78 is 0. The summed E-state index contributed by atoms with van der Waals surface area (Å²) in [7, 11) is 0. The SMILES string of the molecule is CC(C)CC(=O)NC(=O)C[C@H](O)[C@H](CC(C)C)NC(=O)[C@H](Cc1cnc[nH]1)NC(=O)C(CC(=O)NCCc1ccccc1)Cc1cccc2ccccc12. The number of aromatic nitrogens is 2. The summed E-state index contributed by atoms with van der Waals surface area (Å²) >= 11 is 0. The number of aliphatic hydroxyl groups is 1. The van der Waals surface area contributed by atoms with Crippen molar-refractivity contribution in [3.05, 3.63) is 102 Å². The molecule has 12 heteroatoms. The second kappa shape index (κ2) is 20.8. The van der Waals surface area contributed by atoms with E-state index in [4.69, 9.17) is 0 Å². The highest BCUT2D eigenvalue weighted by Gasteiger charge is 2.32. The number of hydrogen-bond acceptors (Lipinski definition) is 7. The fourth-order valence-electron chi connectivity index (χ4n) is 6.46. The maximum absolute atomic E-state index is 14.2. The van der Waals surface area contributed by atoms with Crippen molar-refractivity contribution < 1.29 is 29.1 Å². The molecule has 4 aromatic rings. The molecule has 0 saturated carbocycles. The Bertz CT molecular complexity index is 1820. The Labute approximate surface area is 317 Å². The Morgan fingerprint density at radius 3 is 2.15 bits per heavy atom. The molecule has 0 radical (unpaired) electrons. The second-order valence-corrected chi connectivity index (χ2v) is 14.8. The molecule has 0 spiro atoms. The number of rotatable bonds is 20. The highest BCUT2D eigenvalue weighted by molar-refractivity contribution is 5.95. The van der Waals surface area contributed by atoms with E-state index < -0.39 is 54.2 Å². The van der Waals surface area contributed by atoms with Crippen LogP contribution in [0.4, 0.5) is 0 Å². The Morgan fingerprint density at radius 2 is 1.44 bits per heavy atom. The molecule has 0 saturated heterocycles. The maximum atomic E-state index is 14.2. The van der Waals surface area contributed by atoms with Crippen LogP contribution in [0.3, 0.4) is 0 Å². The van der Waals surface area contributed by atoms with Crippen LogP contribution in [0.1, 0.15) is 70.2 Å². The fraction of sp³-hybridized carbons (Fsp3) is 0.429. The van der Waals surface area contributed by atoms with Gasteiger partial charge in [-0.25, -0.2) is 4.98 Å². The molecule has 54 heavy (non-hydrogen) atoms. The van der Waals surface area contributed by atoms with Crippen LogP contribution < -0.4 is 21.3 Å². The van der Waals surface area contributed by atoms with Crippen LogP contribution in [-0.4, -0.2) is 69.3 Å². The summed E-state index contributed by atoms with van der Waals surface area (Å²) in [4.78, 5) is 73.5. The zero-order valence-electron chi connectivity index (χ0n) is 31.6. The van der Waals surface area contributed by atoms with Gasteiger partial charge < -0.3 is 26.0 Å². The molecule has 0 fully saturated rings. The second-order valence-electron chi connectivity index (χ2n) is 14.8. The minimum absolute atomic E-state index is 0.0294. The highest BCUT2D eigenvalue weighted by atomic mass is 16.3. The number of benzene rings is 3. The van der Waals surface area contributed by atoms with E-state index in [0.29, 0.717) is 25.1 Å². The van der Waals surface area contributed by atoms with Crippen molar-refractivity contribution in [2.45, 2.75) is 90.8 Å². The maximum Gasteiger partial charge on any atom is 0.243 e. The first-order chi connectivity index (χ1) is 25.9. The molecule has 0 bridgehead atoms. The fourth-order valence-corrected chi connectivity index (χ4v) is 6.46. The standard InChI is InChI=1S/C42H54N6O6/c1-27(2)19-35(37(49)24-40(52)48-39(51)20-28(3)4)46-42(54)36(23-33-25-43-26-45-33)47-41(53)32(21-31-15-10-14-30-13-8-9-16-34(30)31)22-38(50)44-18-17-29-11-6-5-7-12-29/h5-16,25-28,32,35-37,49H,17-24H2,1-4H3,(H,43,45)(H,44,50)(H,46,54)(H,47,53)(H,48,51,52)/t32?,35-,36-,37-/m0/s1. The number of imide groups is 1. The Hall–Kier alpha value is -5.36. The lowest BCUT2D eigenvalue weighted by molar-refractivity contribution is -0.134. The molecular formula is C42H54N6O6. The minimum atomic E-state index is -1.30. The summed E-state index contributed by atoms with van der Waals surface area (Å²) in [5.74, 6) is -3.16. The van der Waals surface area contributed by atoms with Crippen molar-refractivity contribution >= 4 is 40.3 Å². The van der Waals surface area contributed by atoms with Crippen molar-refractivity contribution in [3.8, 4) is 0 Å². The van der Waals surface area contributed by atoms with Crippen LogP contribution in [0.15, 0.2) is 85.3 Å². The van der Waals surface area contributed by atoms with Gasteiger partial charge in [-0.3, -0.25) is 29.3 Å². The molecular weight excluding hydrogens is 684 g/mol. The van der Waals surface area contributed by atoms with Crippen LogP contribution in [-0.2, 0) is 43.2 Å². The molecule has 0 aliphatic rings. The molecule has 12 nitrogen and oxygen atoms in total. The molecule has 4 atom stereocenters. The first kappa shape index (κ1) is 41.4. The van der Waals surface area contributed by atoms with Crippen LogP contribution in [0, 0.1) is 17.8 Å². The summed E-state index contributed by atoms with van der Waals surface area (Å²) in [6.07, 6.45) is 2.65. The monoisotopic (exact) mass is 738 g/mol. The van der Waals surface area contributed by atoms with E-state index in [1.165, 1.54) is 6.33 Å². The quantitative estimate of drug-likeness (QED) is 0.0787. The van der Waals surface area contributed by atoms with Gasteiger partial charge in [-0.1, -0.05) is 100 Å². The molecule has 4 rings (SSSR count). The molecule has 0 aliphatic carbocycles. The molecule has 1 aromatic heterocycles. The van der Waals surface area contributed by atoms with Gasteiger partial charge in [0.2, 0.25) is 29.5 Å². The minimum Gasteiger partial charge on any atom is -0.390 e. The number of aliphatic hydroxyl groups excluding tert-OH is 1. The number of nitrogens with zero attached hydrogens (tertiary/aromatic N) is 1. The van der Waals surface area contributed by atoms with Gasteiger partial charge >= 0.3 is 0 Å². The van der Waals surface area contributed by atoms with E-state index in [2.05, 4.69) is 31.2 Å². The number of carbonyl (C=O) groups excluding carboxylic acids is 5. The van der Waals surface area contributed by atoms with E-state index in [-0.39, 0.29) is 43.4 Å². The average Bonchev–Trinajstić information content (AvgIpc) is 3.64. The lowest BCUT2D eigenvalue weighted by atomic mass is 9.91. The first-order valence-corrected chi connectivity index (χ1v) is 18.7. The number of imidazole rings is 1. The molecule has 0 aliphatic heterocycles. The van der Waals surface area contributed by atoms with E-state index in [9.17, 15) is 29.1 Å². The number of fused-ring (bicyclic) bond motifs is 1. The summed E-state index contributed by atoms with van der Waals surface area (Å²) in [6.45, 7) is 7.97. The zero-order valence-corrected chi connectivity index (χ0v) is 31.6. The number of hydrogen-bond donors (Lipinski definition) is 6. The molecule has 6 N–H and O–H groups in total. The normalized spacial score (nSPS) is 13.5. The molecule has 3 aromatic carbocycles. The Kier molecular flexibility index (Phi) is 15.9. The number of nitrogens with one attached hydrogen (secondary N) is 5. The van der Waals surface area contributed by atoms with Crippen molar-refractivity contribution in [2.75, 3.05) is 6.54 Å². The summed E-state index contributed by atoms with van der Waals surface area (Å²) in [5.41, 5.74) is 2.56. The predicted molar refractivity (Wildman–Crippen MR) is 208 cm³/mol. The molecule has 1 unspecified atom stereocenters. The van der Waals surface area contributed by atoms with E-state index >= 15 is 0 Å². The van der Waals surface area contributed by atoms with Crippen molar-refractivity contribution in [1.82, 2.24) is 31.2 Å². The number of aromatic amines is 1.